The number of fused-ring (bicyclic) bond motifs is 3. The lowest BCUT2D eigenvalue weighted by Crippen LogP contribution is -2.50. The van der Waals surface area contributed by atoms with E-state index in [0.29, 0.717) is 19.6 Å². The topological polar surface area (TPSA) is 66.4 Å². The molecular weight excluding hydrogens is 352 g/mol. The quantitative estimate of drug-likeness (QED) is 0.731. The fourth-order valence-electron chi connectivity index (χ4n) is 3.88. The van der Waals surface area contributed by atoms with Crippen molar-refractivity contribution in [1.29, 1.82) is 0 Å². The zero-order valence-corrected chi connectivity index (χ0v) is 18.3. The molecule has 0 saturated carbocycles. The summed E-state index contributed by atoms with van der Waals surface area (Å²) in [5.41, 5.74) is -0.523. The van der Waals surface area contributed by atoms with E-state index in [-0.39, 0.29) is 36.1 Å². The minimum absolute atomic E-state index is 0.0386. The van der Waals surface area contributed by atoms with E-state index in [9.17, 15) is 5.11 Å². The van der Waals surface area contributed by atoms with Crippen molar-refractivity contribution in [2.75, 3.05) is 19.8 Å². The highest BCUT2D eigenvalue weighted by molar-refractivity contribution is 6.74. The van der Waals surface area contributed by atoms with Crippen LogP contribution in [-0.2, 0) is 23.4 Å². The van der Waals surface area contributed by atoms with Crippen molar-refractivity contribution in [3.05, 3.63) is 0 Å². The summed E-state index contributed by atoms with van der Waals surface area (Å²) in [6.07, 6.45) is 0.822. The summed E-state index contributed by atoms with van der Waals surface area (Å²) in [4.78, 5) is 0. The van der Waals surface area contributed by atoms with Gasteiger partial charge in [-0.25, -0.2) is 0 Å². The highest BCUT2D eigenvalue weighted by Gasteiger charge is 2.59. The van der Waals surface area contributed by atoms with E-state index in [4.69, 9.17) is 23.4 Å². The minimum Gasteiger partial charge on any atom is -0.414 e. The van der Waals surface area contributed by atoms with Crippen molar-refractivity contribution in [3.8, 4) is 0 Å². The summed E-state index contributed by atoms with van der Waals surface area (Å²) in [7, 11) is -1.91. The molecule has 6 nitrogen and oxygen atoms in total. The predicted octanol–water partition coefficient (Wildman–Crippen LogP) is 2.84. The van der Waals surface area contributed by atoms with E-state index in [2.05, 4.69) is 33.9 Å². The van der Waals surface area contributed by atoms with Crippen molar-refractivity contribution >= 4 is 8.32 Å². The second-order valence-electron chi connectivity index (χ2n) is 10.0. The van der Waals surface area contributed by atoms with Gasteiger partial charge in [0.25, 0.3) is 0 Å². The second kappa shape index (κ2) is 6.79. The van der Waals surface area contributed by atoms with Crippen LogP contribution in [-0.4, -0.2) is 69.0 Å². The number of hydrogen-bond donors (Lipinski definition) is 1. The molecule has 0 bridgehead atoms. The Labute approximate surface area is 158 Å². The first kappa shape index (κ1) is 20.7. The molecule has 26 heavy (non-hydrogen) atoms. The third-order valence-corrected chi connectivity index (χ3v) is 10.9. The first-order valence-electron chi connectivity index (χ1n) is 9.78. The first-order valence-corrected chi connectivity index (χ1v) is 12.7. The average molecular weight is 389 g/mol. The summed E-state index contributed by atoms with van der Waals surface area (Å²) in [6.45, 7) is 16.1. The van der Waals surface area contributed by atoms with E-state index in [0.717, 1.165) is 6.42 Å². The summed E-state index contributed by atoms with van der Waals surface area (Å²) in [5.74, 6) is -0.614. The third kappa shape index (κ3) is 3.90. The van der Waals surface area contributed by atoms with E-state index in [1.165, 1.54) is 0 Å². The van der Waals surface area contributed by atoms with Crippen LogP contribution in [0.1, 0.15) is 47.5 Å². The average Bonchev–Trinajstić information content (AvgIpc) is 3.01. The summed E-state index contributed by atoms with van der Waals surface area (Å²) in [6, 6.07) is 0. The minimum atomic E-state index is -1.91. The summed E-state index contributed by atoms with van der Waals surface area (Å²) >= 11 is 0. The Balaban J connectivity index is 1.73. The fourth-order valence-corrected chi connectivity index (χ4v) is 4.93. The standard InChI is InChI=1S/C19H36O6Si/c1-17(2,3)26(6,7)22-12-19(8-9-20)10-13-15(25-19)16-14(11-21-13)23-18(4,5)24-16/h13-16,20H,8-12H2,1-7H3/t13-,14+,15+,16+,19+/m1/s1. The van der Waals surface area contributed by atoms with Gasteiger partial charge in [0.15, 0.2) is 14.1 Å². The molecule has 0 aliphatic carbocycles. The molecule has 0 spiro atoms. The highest BCUT2D eigenvalue weighted by Crippen LogP contribution is 2.46. The van der Waals surface area contributed by atoms with Crippen LogP contribution in [0.4, 0.5) is 0 Å². The second-order valence-corrected chi connectivity index (χ2v) is 14.8. The Kier molecular flexibility index (Phi) is 5.41. The predicted molar refractivity (Wildman–Crippen MR) is 101 cm³/mol. The summed E-state index contributed by atoms with van der Waals surface area (Å²) < 4.78 is 31.1. The van der Waals surface area contributed by atoms with Crippen molar-refractivity contribution in [2.45, 2.75) is 101 Å². The molecule has 0 aromatic carbocycles. The van der Waals surface area contributed by atoms with Crippen LogP contribution < -0.4 is 0 Å². The van der Waals surface area contributed by atoms with Crippen LogP contribution in [0.15, 0.2) is 0 Å². The van der Waals surface area contributed by atoms with Gasteiger partial charge in [0.05, 0.1) is 24.9 Å². The van der Waals surface area contributed by atoms with Crippen molar-refractivity contribution in [3.63, 3.8) is 0 Å². The Morgan fingerprint density at radius 1 is 1.08 bits per heavy atom. The van der Waals surface area contributed by atoms with E-state index >= 15 is 0 Å². The maximum absolute atomic E-state index is 9.66. The number of hydrogen-bond acceptors (Lipinski definition) is 6. The molecule has 1 N–H and O–H groups in total. The molecule has 3 rings (SSSR count). The maximum Gasteiger partial charge on any atom is 0.192 e. The number of aliphatic hydroxyl groups excluding tert-OH is 1. The SMILES string of the molecule is CC1(C)O[C@@H]2[C@H]3O[C@](CCO)(CO[Si](C)(C)C(C)(C)C)C[C@H]3OC[C@@H]2O1. The van der Waals surface area contributed by atoms with Gasteiger partial charge in [-0.15, -0.1) is 0 Å². The van der Waals surface area contributed by atoms with Gasteiger partial charge in [0.2, 0.25) is 0 Å². The lowest BCUT2D eigenvalue weighted by molar-refractivity contribution is -0.175. The van der Waals surface area contributed by atoms with E-state index in [1.807, 2.05) is 13.8 Å². The van der Waals surface area contributed by atoms with Gasteiger partial charge in [0.1, 0.15) is 18.3 Å². The van der Waals surface area contributed by atoms with Gasteiger partial charge in [-0.1, -0.05) is 20.8 Å². The molecule has 7 heteroatoms. The molecule has 0 aromatic rings. The third-order valence-electron chi connectivity index (χ3n) is 6.42. The van der Waals surface area contributed by atoms with Gasteiger partial charge in [-0.2, -0.15) is 0 Å². The van der Waals surface area contributed by atoms with Crippen LogP contribution in [0.5, 0.6) is 0 Å². The van der Waals surface area contributed by atoms with Gasteiger partial charge in [-0.3, -0.25) is 0 Å². The molecule has 0 unspecified atom stereocenters. The molecular formula is C19H36O6Si. The van der Waals surface area contributed by atoms with Crippen molar-refractivity contribution < 1.29 is 28.5 Å². The van der Waals surface area contributed by atoms with Crippen LogP contribution in [0, 0.1) is 0 Å². The number of rotatable bonds is 5. The van der Waals surface area contributed by atoms with Crippen LogP contribution in [0.25, 0.3) is 0 Å². The monoisotopic (exact) mass is 388 g/mol. The normalized spacial score (nSPS) is 39.7. The molecule has 152 valence electrons. The Bertz CT molecular complexity index is 517. The summed E-state index contributed by atoms with van der Waals surface area (Å²) in [5, 5.41) is 9.80. The van der Waals surface area contributed by atoms with Gasteiger partial charge < -0.3 is 28.5 Å². The van der Waals surface area contributed by atoms with Gasteiger partial charge >= 0.3 is 0 Å². The van der Waals surface area contributed by atoms with Gasteiger partial charge in [0, 0.05) is 19.4 Å². The zero-order valence-electron chi connectivity index (χ0n) is 17.3. The fraction of sp³-hybridized carbons (Fsp3) is 1.00. The first-order chi connectivity index (χ1) is 11.9. The van der Waals surface area contributed by atoms with E-state index < -0.39 is 19.7 Å². The highest BCUT2D eigenvalue weighted by atomic mass is 28.4. The molecule has 3 saturated heterocycles. The van der Waals surface area contributed by atoms with Crippen LogP contribution >= 0.6 is 0 Å². The maximum atomic E-state index is 9.66. The smallest absolute Gasteiger partial charge is 0.192 e. The van der Waals surface area contributed by atoms with Crippen LogP contribution in [0.3, 0.4) is 0 Å². The number of ether oxygens (including phenoxy) is 4. The zero-order chi connectivity index (χ0) is 19.4. The van der Waals surface area contributed by atoms with Crippen molar-refractivity contribution in [1.82, 2.24) is 0 Å². The Morgan fingerprint density at radius 3 is 2.35 bits per heavy atom. The molecule has 0 radical (unpaired) electrons. The molecule has 3 aliphatic heterocycles. The molecule has 3 aliphatic rings. The molecule has 0 amide bonds. The molecule has 3 fully saturated rings. The Hall–Kier alpha value is -0.0231. The lowest BCUT2D eigenvalue weighted by atomic mass is 9.93. The Morgan fingerprint density at radius 2 is 1.73 bits per heavy atom. The van der Waals surface area contributed by atoms with Gasteiger partial charge in [-0.05, 0) is 32.0 Å². The van der Waals surface area contributed by atoms with Crippen molar-refractivity contribution in [2.24, 2.45) is 0 Å². The largest absolute Gasteiger partial charge is 0.414 e. The van der Waals surface area contributed by atoms with E-state index in [1.54, 1.807) is 0 Å². The molecule has 3 heterocycles. The number of aliphatic hydroxyl groups is 1. The molecule has 0 aromatic heterocycles. The molecule has 5 atom stereocenters. The van der Waals surface area contributed by atoms with Crippen LogP contribution in [0.2, 0.25) is 18.1 Å². The lowest BCUT2D eigenvalue weighted by Gasteiger charge is -2.40.